The summed E-state index contributed by atoms with van der Waals surface area (Å²) in [6.45, 7) is 1.98. The molecule has 0 unspecified atom stereocenters. The Kier molecular flexibility index (Phi) is 5.02. The van der Waals surface area contributed by atoms with Crippen molar-refractivity contribution in [2.24, 2.45) is 0 Å². The van der Waals surface area contributed by atoms with Gasteiger partial charge in [0, 0.05) is 11.1 Å². The van der Waals surface area contributed by atoms with Crippen LogP contribution in [0.3, 0.4) is 0 Å². The SMILES string of the molecule is Cc1ccc(-c2noc(-c3ccc(CS(=O)(=O)Cc4ccccc4F)o3)n2)cc1. The number of aromatic nitrogens is 2. The normalized spacial score (nSPS) is 11.7. The third-order valence-electron chi connectivity index (χ3n) is 4.30. The van der Waals surface area contributed by atoms with Crippen LogP contribution in [0.25, 0.3) is 23.0 Å². The zero-order chi connectivity index (χ0) is 20.4. The van der Waals surface area contributed by atoms with Crippen molar-refractivity contribution >= 4 is 9.84 Å². The van der Waals surface area contributed by atoms with Gasteiger partial charge in [-0.25, -0.2) is 12.8 Å². The Morgan fingerprint density at radius 1 is 0.966 bits per heavy atom. The number of sulfone groups is 1. The van der Waals surface area contributed by atoms with Crippen molar-refractivity contribution in [1.29, 1.82) is 0 Å². The molecule has 2 heterocycles. The van der Waals surface area contributed by atoms with Crippen LogP contribution >= 0.6 is 0 Å². The van der Waals surface area contributed by atoms with E-state index in [2.05, 4.69) is 10.1 Å². The third kappa shape index (κ3) is 4.43. The lowest BCUT2D eigenvalue weighted by atomic mass is 10.1. The summed E-state index contributed by atoms with van der Waals surface area (Å²) in [7, 11) is -3.62. The second-order valence-electron chi connectivity index (χ2n) is 6.68. The Morgan fingerprint density at radius 2 is 1.72 bits per heavy atom. The van der Waals surface area contributed by atoms with Crippen LogP contribution in [0.2, 0.25) is 0 Å². The second-order valence-corrected chi connectivity index (χ2v) is 8.74. The highest BCUT2D eigenvalue weighted by Gasteiger charge is 2.20. The smallest absolute Gasteiger partial charge is 0.293 e. The van der Waals surface area contributed by atoms with Crippen molar-refractivity contribution in [2.75, 3.05) is 0 Å². The fraction of sp³-hybridized carbons (Fsp3) is 0.143. The molecule has 0 fully saturated rings. The summed E-state index contributed by atoms with van der Waals surface area (Å²) < 4.78 is 49.4. The van der Waals surface area contributed by atoms with Gasteiger partial charge in [-0.3, -0.25) is 0 Å². The number of rotatable bonds is 6. The van der Waals surface area contributed by atoms with E-state index in [-0.39, 0.29) is 28.7 Å². The summed E-state index contributed by atoms with van der Waals surface area (Å²) >= 11 is 0. The molecular formula is C21H17FN2O4S. The highest BCUT2D eigenvalue weighted by molar-refractivity contribution is 7.89. The third-order valence-corrected chi connectivity index (χ3v) is 5.78. The van der Waals surface area contributed by atoms with E-state index in [1.807, 2.05) is 31.2 Å². The first-order chi connectivity index (χ1) is 13.9. The van der Waals surface area contributed by atoms with Crippen LogP contribution in [0.1, 0.15) is 16.9 Å². The molecule has 0 saturated carbocycles. The van der Waals surface area contributed by atoms with Crippen LogP contribution in [-0.4, -0.2) is 18.6 Å². The molecule has 4 aromatic rings. The first-order valence-corrected chi connectivity index (χ1v) is 10.7. The molecule has 0 amide bonds. The summed E-state index contributed by atoms with van der Waals surface area (Å²) in [5.41, 5.74) is 2.04. The molecule has 0 saturated heterocycles. The van der Waals surface area contributed by atoms with Gasteiger partial charge in [-0.2, -0.15) is 4.98 Å². The van der Waals surface area contributed by atoms with E-state index in [1.54, 1.807) is 12.1 Å². The van der Waals surface area contributed by atoms with E-state index in [4.69, 9.17) is 8.94 Å². The van der Waals surface area contributed by atoms with Crippen molar-refractivity contribution in [2.45, 2.75) is 18.4 Å². The molecule has 0 bridgehead atoms. The molecule has 4 rings (SSSR count). The van der Waals surface area contributed by atoms with E-state index in [0.717, 1.165) is 11.1 Å². The fourth-order valence-corrected chi connectivity index (χ4v) is 4.23. The minimum atomic E-state index is -3.62. The maximum absolute atomic E-state index is 13.7. The first-order valence-electron chi connectivity index (χ1n) is 8.83. The Labute approximate surface area is 166 Å². The van der Waals surface area contributed by atoms with E-state index in [9.17, 15) is 12.8 Å². The van der Waals surface area contributed by atoms with Crippen molar-refractivity contribution in [3.8, 4) is 23.0 Å². The Morgan fingerprint density at radius 3 is 2.48 bits per heavy atom. The molecule has 8 heteroatoms. The highest BCUT2D eigenvalue weighted by Crippen LogP contribution is 2.25. The molecule has 2 aromatic heterocycles. The summed E-state index contributed by atoms with van der Waals surface area (Å²) in [5, 5.41) is 3.94. The van der Waals surface area contributed by atoms with Gasteiger partial charge in [0.25, 0.3) is 5.89 Å². The lowest BCUT2D eigenvalue weighted by Gasteiger charge is -2.04. The minimum Gasteiger partial charge on any atom is -0.455 e. The lowest BCUT2D eigenvalue weighted by molar-refractivity contribution is 0.413. The van der Waals surface area contributed by atoms with Gasteiger partial charge in [0.05, 0.1) is 5.75 Å². The van der Waals surface area contributed by atoms with E-state index < -0.39 is 21.4 Å². The number of hydrogen-bond donors (Lipinski definition) is 0. The van der Waals surface area contributed by atoms with Gasteiger partial charge in [0.15, 0.2) is 15.6 Å². The molecule has 0 aliphatic rings. The van der Waals surface area contributed by atoms with Crippen molar-refractivity contribution < 1.29 is 21.7 Å². The van der Waals surface area contributed by atoms with Crippen LogP contribution in [0, 0.1) is 12.7 Å². The number of nitrogens with zero attached hydrogens (tertiary/aromatic N) is 2. The fourth-order valence-electron chi connectivity index (χ4n) is 2.83. The van der Waals surface area contributed by atoms with E-state index in [1.165, 1.54) is 24.3 Å². The molecular weight excluding hydrogens is 395 g/mol. The zero-order valence-electron chi connectivity index (χ0n) is 15.5. The summed E-state index contributed by atoms with van der Waals surface area (Å²) in [5.74, 6) is -0.277. The van der Waals surface area contributed by atoms with Crippen LogP contribution in [0.4, 0.5) is 4.39 Å². The average molecular weight is 412 g/mol. The van der Waals surface area contributed by atoms with Crippen LogP contribution in [-0.2, 0) is 21.3 Å². The summed E-state index contributed by atoms with van der Waals surface area (Å²) in [6, 6.07) is 16.5. The number of aryl methyl sites for hydroxylation is 1. The Hall–Kier alpha value is -3.26. The number of furan rings is 1. The largest absolute Gasteiger partial charge is 0.455 e. The van der Waals surface area contributed by atoms with Gasteiger partial charge < -0.3 is 8.94 Å². The Bertz CT molecular complexity index is 1240. The van der Waals surface area contributed by atoms with Gasteiger partial charge in [-0.1, -0.05) is 53.2 Å². The predicted molar refractivity (Wildman–Crippen MR) is 105 cm³/mol. The quantitative estimate of drug-likeness (QED) is 0.461. The molecule has 148 valence electrons. The van der Waals surface area contributed by atoms with Crippen LogP contribution < -0.4 is 0 Å². The van der Waals surface area contributed by atoms with Gasteiger partial charge >= 0.3 is 0 Å². The highest BCUT2D eigenvalue weighted by atomic mass is 32.2. The monoisotopic (exact) mass is 412 g/mol. The van der Waals surface area contributed by atoms with Gasteiger partial charge in [-0.15, -0.1) is 0 Å². The topological polar surface area (TPSA) is 86.2 Å². The molecule has 6 nitrogen and oxygen atoms in total. The molecule has 0 atom stereocenters. The van der Waals surface area contributed by atoms with Crippen molar-refractivity contribution in [1.82, 2.24) is 10.1 Å². The van der Waals surface area contributed by atoms with Gasteiger partial charge in [0.2, 0.25) is 5.82 Å². The Balaban J connectivity index is 1.50. The maximum Gasteiger partial charge on any atom is 0.293 e. The van der Waals surface area contributed by atoms with E-state index >= 15 is 0 Å². The molecule has 0 aliphatic carbocycles. The van der Waals surface area contributed by atoms with Crippen molar-refractivity contribution in [3.05, 3.63) is 83.4 Å². The first kappa shape index (κ1) is 19.1. The summed E-state index contributed by atoms with van der Waals surface area (Å²) in [4.78, 5) is 4.30. The number of benzene rings is 2. The zero-order valence-corrected chi connectivity index (χ0v) is 16.3. The molecule has 0 radical (unpaired) electrons. The summed E-state index contributed by atoms with van der Waals surface area (Å²) in [6.07, 6.45) is 0. The molecule has 29 heavy (non-hydrogen) atoms. The van der Waals surface area contributed by atoms with Crippen LogP contribution in [0.5, 0.6) is 0 Å². The molecule has 0 spiro atoms. The standard InChI is InChI=1S/C21H17FN2O4S/c1-14-6-8-15(9-7-14)20-23-21(28-24-20)19-11-10-17(27-19)13-29(25,26)12-16-4-2-3-5-18(16)22/h2-11H,12-13H2,1H3. The number of hydrogen-bond acceptors (Lipinski definition) is 6. The molecule has 2 aromatic carbocycles. The second kappa shape index (κ2) is 7.63. The maximum atomic E-state index is 13.7. The number of halogens is 1. The lowest BCUT2D eigenvalue weighted by Crippen LogP contribution is -2.08. The predicted octanol–water partition coefficient (Wildman–Crippen LogP) is 4.56. The molecule has 0 aliphatic heterocycles. The van der Waals surface area contributed by atoms with Gasteiger partial charge in [-0.05, 0) is 25.1 Å². The van der Waals surface area contributed by atoms with Crippen LogP contribution in [0.15, 0.2) is 69.6 Å². The molecule has 0 N–H and O–H groups in total. The van der Waals surface area contributed by atoms with E-state index in [0.29, 0.717) is 5.82 Å². The average Bonchev–Trinajstić information content (AvgIpc) is 3.33. The van der Waals surface area contributed by atoms with Gasteiger partial charge in [0.1, 0.15) is 17.3 Å². The minimum absolute atomic E-state index is 0.124. The van der Waals surface area contributed by atoms with Crippen molar-refractivity contribution in [3.63, 3.8) is 0 Å².